The highest BCUT2D eigenvalue weighted by atomic mass is 16.5. The van der Waals surface area contributed by atoms with Crippen LogP contribution in [0.5, 0.6) is 0 Å². The van der Waals surface area contributed by atoms with Crippen LogP contribution in [0.3, 0.4) is 0 Å². The van der Waals surface area contributed by atoms with Crippen LogP contribution in [-0.2, 0) is 11.3 Å². The molecule has 0 aliphatic heterocycles. The maximum atomic E-state index is 5.60. The third-order valence-corrected chi connectivity index (χ3v) is 2.05. The number of pyridine rings is 1. The van der Waals surface area contributed by atoms with Gasteiger partial charge in [0.1, 0.15) is 5.82 Å². The van der Waals surface area contributed by atoms with Crippen LogP contribution in [0.15, 0.2) is 18.5 Å². The molecule has 2 rings (SSSR count). The van der Waals surface area contributed by atoms with Gasteiger partial charge in [-0.1, -0.05) is 0 Å². The minimum absolute atomic E-state index is 0.511. The number of nitrogens with two attached hydrogens (primary N) is 1. The molecule has 5 heteroatoms. The minimum atomic E-state index is 0.511. The van der Waals surface area contributed by atoms with Gasteiger partial charge in [0.25, 0.3) is 0 Å². The van der Waals surface area contributed by atoms with Crippen molar-refractivity contribution < 1.29 is 4.74 Å². The first-order chi connectivity index (χ1) is 6.81. The molecule has 0 aromatic carbocycles. The van der Waals surface area contributed by atoms with Gasteiger partial charge in [-0.05, 0) is 0 Å². The Labute approximate surface area is 81.5 Å². The average molecular weight is 192 g/mol. The van der Waals surface area contributed by atoms with Crippen LogP contribution >= 0.6 is 0 Å². The number of fused-ring (bicyclic) bond motifs is 1. The summed E-state index contributed by atoms with van der Waals surface area (Å²) < 4.78 is 6.84. The van der Waals surface area contributed by atoms with Crippen molar-refractivity contribution in [3.05, 3.63) is 18.5 Å². The second-order valence-corrected chi connectivity index (χ2v) is 3.03. The zero-order valence-electron chi connectivity index (χ0n) is 7.97. The van der Waals surface area contributed by atoms with Gasteiger partial charge in [-0.3, -0.25) is 4.68 Å². The molecular weight excluding hydrogens is 180 g/mol. The van der Waals surface area contributed by atoms with Crippen LogP contribution in [0, 0.1) is 0 Å². The van der Waals surface area contributed by atoms with Crippen LogP contribution < -0.4 is 5.73 Å². The number of ether oxygens (including phenoxy) is 1. The Bertz CT molecular complexity index is 437. The molecule has 0 saturated heterocycles. The van der Waals surface area contributed by atoms with Crippen LogP contribution in [-0.4, -0.2) is 28.5 Å². The van der Waals surface area contributed by atoms with E-state index in [9.17, 15) is 0 Å². The van der Waals surface area contributed by atoms with Crippen LogP contribution in [0.2, 0.25) is 0 Å². The second kappa shape index (κ2) is 3.63. The van der Waals surface area contributed by atoms with Crippen molar-refractivity contribution in [2.45, 2.75) is 6.54 Å². The Hall–Kier alpha value is -1.62. The van der Waals surface area contributed by atoms with E-state index in [1.54, 1.807) is 19.5 Å². The van der Waals surface area contributed by atoms with Gasteiger partial charge in [-0.15, -0.1) is 0 Å². The largest absolute Gasteiger partial charge is 0.384 e. The van der Waals surface area contributed by atoms with E-state index in [0.29, 0.717) is 12.4 Å². The third-order valence-electron chi connectivity index (χ3n) is 2.05. The summed E-state index contributed by atoms with van der Waals surface area (Å²) >= 11 is 0. The number of hydrogen-bond donors (Lipinski definition) is 1. The van der Waals surface area contributed by atoms with Crippen LogP contribution in [0.4, 0.5) is 5.82 Å². The van der Waals surface area contributed by atoms with E-state index in [4.69, 9.17) is 10.5 Å². The Morgan fingerprint density at radius 1 is 1.50 bits per heavy atom. The first-order valence-corrected chi connectivity index (χ1v) is 4.37. The molecule has 0 radical (unpaired) electrons. The number of nitrogens with zero attached hydrogens (tertiary/aromatic N) is 3. The molecule has 2 heterocycles. The Kier molecular flexibility index (Phi) is 2.32. The summed E-state index contributed by atoms with van der Waals surface area (Å²) in [7, 11) is 1.67. The van der Waals surface area contributed by atoms with E-state index in [0.717, 1.165) is 17.4 Å². The van der Waals surface area contributed by atoms with Gasteiger partial charge in [0, 0.05) is 24.8 Å². The van der Waals surface area contributed by atoms with E-state index in [1.165, 1.54) is 0 Å². The lowest BCUT2D eigenvalue weighted by molar-refractivity contribution is 0.185. The summed E-state index contributed by atoms with van der Waals surface area (Å²) in [6, 6.07) is 1.82. The SMILES string of the molecule is COCCn1ncc2cnc(N)cc21. The zero-order chi connectivity index (χ0) is 9.97. The number of rotatable bonds is 3. The molecule has 0 bridgehead atoms. The predicted molar refractivity (Wildman–Crippen MR) is 53.8 cm³/mol. The molecule has 5 nitrogen and oxygen atoms in total. The van der Waals surface area contributed by atoms with E-state index in [1.807, 2.05) is 10.7 Å². The van der Waals surface area contributed by atoms with Crippen molar-refractivity contribution >= 4 is 16.7 Å². The standard InChI is InChI=1S/C9H12N4O/c1-14-3-2-13-8-4-9(10)11-5-7(8)6-12-13/h4-6H,2-3H2,1H3,(H2,10,11). The lowest BCUT2D eigenvalue weighted by Gasteiger charge is -2.02. The van der Waals surface area contributed by atoms with E-state index >= 15 is 0 Å². The van der Waals surface area contributed by atoms with E-state index in [-0.39, 0.29) is 0 Å². The quantitative estimate of drug-likeness (QED) is 0.775. The van der Waals surface area contributed by atoms with Gasteiger partial charge >= 0.3 is 0 Å². The molecule has 0 saturated carbocycles. The third kappa shape index (κ3) is 1.54. The second-order valence-electron chi connectivity index (χ2n) is 3.03. The molecular formula is C9H12N4O. The fourth-order valence-corrected chi connectivity index (χ4v) is 1.34. The average Bonchev–Trinajstić information content (AvgIpc) is 2.57. The Morgan fingerprint density at radius 3 is 3.14 bits per heavy atom. The molecule has 0 amide bonds. The van der Waals surface area contributed by atoms with Gasteiger partial charge in [0.05, 0.1) is 24.9 Å². The van der Waals surface area contributed by atoms with Crippen molar-refractivity contribution in [2.24, 2.45) is 0 Å². The molecule has 0 aliphatic rings. The highest BCUT2D eigenvalue weighted by Gasteiger charge is 2.02. The number of methoxy groups -OCH3 is 1. The van der Waals surface area contributed by atoms with Gasteiger partial charge in [-0.2, -0.15) is 5.10 Å². The predicted octanol–water partition coefficient (Wildman–Crippen LogP) is 0.660. The van der Waals surface area contributed by atoms with Crippen LogP contribution in [0.1, 0.15) is 0 Å². The molecule has 2 aromatic rings. The lowest BCUT2D eigenvalue weighted by Crippen LogP contribution is -2.05. The summed E-state index contributed by atoms with van der Waals surface area (Å²) in [5, 5.41) is 5.21. The fraction of sp³-hybridized carbons (Fsp3) is 0.333. The highest BCUT2D eigenvalue weighted by molar-refractivity contribution is 5.79. The van der Waals surface area contributed by atoms with Crippen LogP contribution in [0.25, 0.3) is 10.9 Å². The first-order valence-electron chi connectivity index (χ1n) is 4.37. The summed E-state index contributed by atoms with van der Waals surface area (Å²) in [6.45, 7) is 1.36. The van der Waals surface area contributed by atoms with Gasteiger partial charge < -0.3 is 10.5 Å². The van der Waals surface area contributed by atoms with E-state index < -0.39 is 0 Å². The lowest BCUT2D eigenvalue weighted by atomic mass is 10.3. The van der Waals surface area contributed by atoms with Crippen molar-refractivity contribution in [2.75, 3.05) is 19.5 Å². The number of hydrogen-bond acceptors (Lipinski definition) is 4. The minimum Gasteiger partial charge on any atom is -0.384 e. The molecule has 0 atom stereocenters. The molecule has 2 N–H and O–H groups in total. The summed E-state index contributed by atoms with van der Waals surface area (Å²) in [5.41, 5.74) is 6.59. The van der Waals surface area contributed by atoms with Gasteiger partial charge in [0.15, 0.2) is 0 Å². The maximum absolute atomic E-state index is 5.60. The molecule has 2 aromatic heterocycles. The maximum Gasteiger partial charge on any atom is 0.125 e. The fourth-order valence-electron chi connectivity index (χ4n) is 1.34. The summed E-state index contributed by atoms with van der Waals surface area (Å²) in [6.07, 6.45) is 3.50. The number of nitrogen functional groups attached to an aromatic ring is 1. The normalized spacial score (nSPS) is 10.9. The van der Waals surface area contributed by atoms with Crippen molar-refractivity contribution in [3.8, 4) is 0 Å². The Morgan fingerprint density at radius 2 is 2.36 bits per heavy atom. The van der Waals surface area contributed by atoms with Gasteiger partial charge in [-0.25, -0.2) is 4.98 Å². The molecule has 0 aliphatic carbocycles. The monoisotopic (exact) mass is 192 g/mol. The summed E-state index contributed by atoms with van der Waals surface area (Å²) in [4.78, 5) is 3.99. The smallest absolute Gasteiger partial charge is 0.125 e. The topological polar surface area (TPSA) is 66.0 Å². The first kappa shape index (κ1) is 8.96. The van der Waals surface area contributed by atoms with Crippen molar-refractivity contribution in [1.29, 1.82) is 0 Å². The number of anilines is 1. The molecule has 14 heavy (non-hydrogen) atoms. The molecule has 0 unspecified atom stereocenters. The highest BCUT2D eigenvalue weighted by Crippen LogP contribution is 2.14. The van der Waals surface area contributed by atoms with Gasteiger partial charge in [0.2, 0.25) is 0 Å². The molecule has 74 valence electrons. The Balaban J connectivity index is 2.40. The van der Waals surface area contributed by atoms with Crippen molar-refractivity contribution in [1.82, 2.24) is 14.8 Å². The molecule has 0 spiro atoms. The van der Waals surface area contributed by atoms with Crippen molar-refractivity contribution in [3.63, 3.8) is 0 Å². The number of aromatic nitrogens is 3. The summed E-state index contributed by atoms with van der Waals surface area (Å²) in [5.74, 6) is 0.511. The zero-order valence-corrected chi connectivity index (χ0v) is 7.97. The molecule has 0 fully saturated rings. The van der Waals surface area contributed by atoms with E-state index in [2.05, 4.69) is 10.1 Å².